The molecule has 0 fully saturated rings. The van der Waals surface area contributed by atoms with Crippen molar-refractivity contribution in [3.8, 4) is 5.75 Å². The van der Waals surface area contributed by atoms with Gasteiger partial charge in [0.15, 0.2) is 0 Å². The van der Waals surface area contributed by atoms with Crippen molar-refractivity contribution < 1.29 is 9.90 Å². The number of nitrogens with one attached hydrogen (secondary N) is 1. The van der Waals surface area contributed by atoms with Gasteiger partial charge in [-0.3, -0.25) is 4.79 Å². The number of carbonyl (C=O) groups is 1. The minimum Gasteiger partial charge on any atom is -0.508 e. The lowest BCUT2D eigenvalue weighted by Gasteiger charge is -2.12. The number of hydrogen-bond donors (Lipinski definition) is 3. The van der Waals surface area contributed by atoms with Crippen molar-refractivity contribution in [3.05, 3.63) is 29.8 Å². The zero-order valence-electron chi connectivity index (χ0n) is 7.90. The van der Waals surface area contributed by atoms with Gasteiger partial charge in [-0.2, -0.15) is 12.6 Å². The van der Waals surface area contributed by atoms with Crippen LogP contribution in [0.4, 0.5) is 0 Å². The molecule has 0 bridgehead atoms. The van der Waals surface area contributed by atoms with E-state index in [1.165, 1.54) is 6.92 Å². The van der Waals surface area contributed by atoms with E-state index in [4.69, 9.17) is 0 Å². The van der Waals surface area contributed by atoms with Gasteiger partial charge in [-0.1, -0.05) is 18.2 Å². The lowest BCUT2D eigenvalue weighted by atomic mass is 10.1. The highest BCUT2D eigenvalue weighted by molar-refractivity contribution is 7.80. The van der Waals surface area contributed by atoms with Crippen LogP contribution in [0.3, 0.4) is 0 Å². The number of amides is 1. The van der Waals surface area contributed by atoms with Crippen LogP contribution in [0.15, 0.2) is 24.3 Å². The summed E-state index contributed by atoms with van der Waals surface area (Å²) in [6.07, 6.45) is 0. The predicted octanol–water partition coefficient (Wildman–Crippen LogP) is 1.50. The Hall–Kier alpha value is -1.16. The van der Waals surface area contributed by atoms with Gasteiger partial charge in [0.25, 0.3) is 0 Å². The van der Waals surface area contributed by atoms with E-state index in [9.17, 15) is 9.90 Å². The van der Waals surface area contributed by atoms with Crippen LogP contribution in [0.5, 0.6) is 5.75 Å². The Morgan fingerprint density at radius 1 is 1.57 bits per heavy atom. The molecule has 1 atom stereocenters. The molecule has 0 radical (unpaired) electrons. The van der Waals surface area contributed by atoms with E-state index in [0.29, 0.717) is 6.54 Å². The van der Waals surface area contributed by atoms with Gasteiger partial charge in [-0.25, -0.2) is 0 Å². The Balaban J connectivity index is 2.65. The van der Waals surface area contributed by atoms with Gasteiger partial charge in [0.2, 0.25) is 5.91 Å². The first-order chi connectivity index (χ1) is 6.61. The summed E-state index contributed by atoms with van der Waals surface area (Å²) in [6.45, 7) is 1.86. The number of phenolic OH excluding ortho intramolecular Hbond substituents is 1. The van der Waals surface area contributed by atoms with Crippen LogP contribution in [0.2, 0.25) is 0 Å². The SMILES string of the molecule is CC(=O)NCC(S)c1ccccc1O. The first-order valence-electron chi connectivity index (χ1n) is 4.31. The number of aromatic hydroxyl groups is 1. The van der Waals surface area contributed by atoms with Crippen molar-refractivity contribution in [2.24, 2.45) is 0 Å². The summed E-state index contributed by atoms with van der Waals surface area (Å²) in [6, 6.07) is 6.96. The van der Waals surface area contributed by atoms with Crippen molar-refractivity contribution in [2.45, 2.75) is 12.2 Å². The van der Waals surface area contributed by atoms with Crippen LogP contribution in [-0.4, -0.2) is 17.6 Å². The predicted molar refractivity (Wildman–Crippen MR) is 58.5 cm³/mol. The van der Waals surface area contributed by atoms with Crippen LogP contribution < -0.4 is 5.32 Å². The van der Waals surface area contributed by atoms with Gasteiger partial charge in [-0.05, 0) is 6.07 Å². The van der Waals surface area contributed by atoms with Crippen molar-refractivity contribution >= 4 is 18.5 Å². The number of carbonyl (C=O) groups excluding carboxylic acids is 1. The number of benzene rings is 1. The molecule has 0 spiro atoms. The third-order valence-corrected chi connectivity index (χ3v) is 2.30. The van der Waals surface area contributed by atoms with Crippen LogP contribution in [-0.2, 0) is 4.79 Å². The fraction of sp³-hybridized carbons (Fsp3) is 0.300. The molecule has 1 unspecified atom stereocenters. The number of thiol groups is 1. The maximum atomic E-state index is 10.7. The van der Waals surface area contributed by atoms with E-state index in [0.717, 1.165) is 5.56 Å². The Kier molecular flexibility index (Phi) is 3.83. The van der Waals surface area contributed by atoms with E-state index in [-0.39, 0.29) is 16.9 Å². The molecule has 0 aromatic heterocycles. The topological polar surface area (TPSA) is 49.3 Å². The molecular weight excluding hydrogens is 198 g/mol. The van der Waals surface area contributed by atoms with Crippen LogP contribution in [0.1, 0.15) is 17.7 Å². The van der Waals surface area contributed by atoms with Crippen LogP contribution in [0.25, 0.3) is 0 Å². The van der Waals surface area contributed by atoms with Gasteiger partial charge in [0.1, 0.15) is 5.75 Å². The molecule has 14 heavy (non-hydrogen) atoms. The minimum absolute atomic E-state index is 0.0977. The largest absolute Gasteiger partial charge is 0.508 e. The molecule has 0 saturated carbocycles. The number of para-hydroxylation sites is 1. The van der Waals surface area contributed by atoms with E-state index >= 15 is 0 Å². The Labute approximate surface area is 88.6 Å². The number of phenols is 1. The average molecular weight is 211 g/mol. The van der Waals surface area contributed by atoms with E-state index in [2.05, 4.69) is 17.9 Å². The van der Waals surface area contributed by atoms with Crippen LogP contribution >= 0.6 is 12.6 Å². The Morgan fingerprint density at radius 2 is 2.21 bits per heavy atom. The summed E-state index contributed by atoms with van der Waals surface area (Å²) in [4.78, 5) is 10.7. The highest BCUT2D eigenvalue weighted by atomic mass is 32.1. The third kappa shape index (κ3) is 2.96. The summed E-state index contributed by atoms with van der Waals surface area (Å²) in [7, 11) is 0. The summed E-state index contributed by atoms with van der Waals surface area (Å²) < 4.78 is 0. The van der Waals surface area contributed by atoms with Gasteiger partial charge >= 0.3 is 0 Å². The molecule has 0 aliphatic rings. The molecule has 1 amide bonds. The quantitative estimate of drug-likeness (QED) is 0.664. The number of rotatable bonds is 3. The van der Waals surface area contributed by atoms with E-state index in [1.807, 2.05) is 6.07 Å². The first kappa shape index (κ1) is 10.9. The van der Waals surface area contributed by atoms with Crippen molar-refractivity contribution in [1.29, 1.82) is 0 Å². The molecule has 76 valence electrons. The fourth-order valence-electron chi connectivity index (χ4n) is 1.12. The van der Waals surface area contributed by atoms with Gasteiger partial charge < -0.3 is 10.4 Å². The Morgan fingerprint density at radius 3 is 2.79 bits per heavy atom. The second kappa shape index (κ2) is 4.91. The standard InChI is InChI=1S/C10H13NO2S/c1-7(12)11-6-10(14)8-4-2-3-5-9(8)13/h2-5,10,13-14H,6H2,1H3,(H,11,12). The van der Waals surface area contributed by atoms with Crippen molar-refractivity contribution in [1.82, 2.24) is 5.32 Å². The minimum atomic E-state index is -0.180. The van der Waals surface area contributed by atoms with Crippen LogP contribution in [0, 0.1) is 0 Å². The van der Waals surface area contributed by atoms with Gasteiger partial charge in [0.05, 0.1) is 0 Å². The molecule has 2 N–H and O–H groups in total. The van der Waals surface area contributed by atoms with E-state index < -0.39 is 0 Å². The molecule has 0 aliphatic carbocycles. The maximum Gasteiger partial charge on any atom is 0.216 e. The maximum absolute atomic E-state index is 10.7. The second-order valence-corrected chi connectivity index (χ2v) is 3.64. The molecule has 0 aliphatic heterocycles. The average Bonchev–Trinajstić information content (AvgIpc) is 2.15. The monoisotopic (exact) mass is 211 g/mol. The zero-order chi connectivity index (χ0) is 10.6. The van der Waals surface area contributed by atoms with Crippen molar-refractivity contribution in [2.75, 3.05) is 6.54 Å². The van der Waals surface area contributed by atoms with Gasteiger partial charge in [0, 0.05) is 24.3 Å². The molecule has 1 rings (SSSR count). The summed E-state index contributed by atoms with van der Waals surface area (Å²) in [5, 5.41) is 11.9. The summed E-state index contributed by atoms with van der Waals surface area (Å²) >= 11 is 4.29. The molecule has 0 saturated heterocycles. The zero-order valence-corrected chi connectivity index (χ0v) is 8.79. The normalized spacial score (nSPS) is 12.1. The third-order valence-electron chi connectivity index (χ3n) is 1.84. The van der Waals surface area contributed by atoms with Gasteiger partial charge in [-0.15, -0.1) is 0 Å². The molecule has 1 aromatic carbocycles. The second-order valence-electron chi connectivity index (χ2n) is 3.01. The molecule has 3 nitrogen and oxygen atoms in total. The first-order valence-corrected chi connectivity index (χ1v) is 4.83. The summed E-state index contributed by atoms with van der Waals surface area (Å²) in [5.41, 5.74) is 0.726. The summed E-state index contributed by atoms with van der Waals surface area (Å²) in [5.74, 6) is 0.109. The lowest BCUT2D eigenvalue weighted by molar-refractivity contribution is -0.118. The molecular formula is C10H13NO2S. The lowest BCUT2D eigenvalue weighted by Crippen LogP contribution is -2.23. The molecule has 1 aromatic rings. The van der Waals surface area contributed by atoms with Crippen molar-refractivity contribution in [3.63, 3.8) is 0 Å². The number of hydrogen-bond acceptors (Lipinski definition) is 3. The highest BCUT2D eigenvalue weighted by Crippen LogP contribution is 2.27. The fourth-order valence-corrected chi connectivity index (χ4v) is 1.43. The van der Waals surface area contributed by atoms with E-state index in [1.54, 1.807) is 18.2 Å². The molecule has 4 heteroatoms. The smallest absolute Gasteiger partial charge is 0.216 e. The molecule has 0 heterocycles. The highest BCUT2D eigenvalue weighted by Gasteiger charge is 2.10. The Bertz CT molecular complexity index is 328.